The Bertz CT molecular complexity index is 1470. The average molecular weight is 583 g/mol. The number of nitrogens with one attached hydrogen (secondary N) is 2. The maximum Gasteiger partial charge on any atom is 0.330 e. The van der Waals surface area contributed by atoms with Crippen LogP contribution in [0.3, 0.4) is 0 Å². The summed E-state index contributed by atoms with van der Waals surface area (Å²) in [6, 6.07) is 12.9. The minimum atomic E-state index is -4.00. The van der Waals surface area contributed by atoms with E-state index < -0.39 is 27.9 Å². The van der Waals surface area contributed by atoms with E-state index in [9.17, 15) is 23.1 Å². The molecular formula is C29H34N4O5S2. The highest BCUT2D eigenvalue weighted by Gasteiger charge is 2.41. The molecule has 2 atom stereocenters. The van der Waals surface area contributed by atoms with Crippen molar-refractivity contribution >= 4 is 50.3 Å². The zero-order valence-corrected chi connectivity index (χ0v) is 24.2. The number of aliphatic carboxylic acids is 1. The summed E-state index contributed by atoms with van der Waals surface area (Å²) in [4.78, 5) is 27.6. The monoisotopic (exact) mass is 582 g/mol. The second-order valence-corrected chi connectivity index (χ2v) is 13.1. The first-order valence-corrected chi connectivity index (χ1v) is 15.8. The summed E-state index contributed by atoms with van der Waals surface area (Å²) in [6.45, 7) is 0.478. The Morgan fingerprint density at radius 1 is 1.07 bits per heavy atom. The summed E-state index contributed by atoms with van der Waals surface area (Å²) in [6.07, 6.45) is 5.26. The van der Waals surface area contributed by atoms with Crippen LogP contribution in [0.15, 0.2) is 64.2 Å². The number of carboxylic acid groups (broad SMARTS) is 1. The van der Waals surface area contributed by atoms with Crippen molar-refractivity contribution < 1.29 is 23.1 Å². The van der Waals surface area contributed by atoms with E-state index in [0.717, 1.165) is 37.8 Å². The van der Waals surface area contributed by atoms with Crippen molar-refractivity contribution in [3.63, 3.8) is 0 Å². The van der Waals surface area contributed by atoms with Crippen molar-refractivity contribution in [1.29, 1.82) is 0 Å². The second kappa shape index (κ2) is 11.6. The van der Waals surface area contributed by atoms with Crippen molar-refractivity contribution in [2.75, 3.05) is 30.9 Å². The molecule has 1 aromatic heterocycles. The van der Waals surface area contributed by atoms with Crippen LogP contribution in [0, 0.1) is 5.92 Å². The number of likely N-dealkylation sites (N-methyl/N-ethyl adjacent to an activating group) is 1. The zero-order valence-electron chi connectivity index (χ0n) is 22.5. The largest absolute Gasteiger partial charge is 0.479 e. The summed E-state index contributed by atoms with van der Waals surface area (Å²) < 4.78 is 29.9. The summed E-state index contributed by atoms with van der Waals surface area (Å²) in [5.74, 6) is -1.66. The number of benzene rings is 2. The van der Waals surface area contributed by atoms with Gasteiger partial charge in [0.25, 0.3) is 5.91 Å². The van der Waals surface area contributed by atoms with Gasteiger partial charge in [-0.15, -0.1) is 0 Å². The van der Waals surface area contributed by atoms with Gasteiger partial charge in [0.05, 0.1) is 11.3 Å². The van der Waals surface area contributed by atoms with Crippen LogP contribution in [-0.4, -0.2) is 56.4 Å². The first-order chi connectivity index (χ1) is 19.2. The van der Waals surface area contributed by atoms with E-state index in [2.05, 4.69) is 10.6 Å². The van der Waals surface area contributed by atoms with Crippen LogP contribution >= 0.6 is 11.3 Å². The van der Waals surface area contributed by atoms with Gasteiger partial charge in [-0.25, -0.2) is 13.2 Å². The highest BCUT2D eigenvalue weighted by molar-refractivity contribution is 7.89. The summed E-state index contributed by atoms with van der Waals surface area (Å²) in [5.41, 5.74) is 2.25. The van der Waals surface area contributed by atoms with Crippen LogP contribution in [-0.2, 0) is 14.8 Å². The Kier molecular flexibility index (Phi) is 8.16. The molecule has 1 amide bonds. The number of sulfonamides is 1. The van der Waals surface area contributed by atoms with Gasteiger partial charge in [0.2, 0.25) is 10.0 Å². The summed E-state index contributed by atoms with van der Waals surface area (Å²) in [5, 5.41) is 18.8. The highest BCUT2D eigenvalue weighted by Crippen LogP contribution is 2.43. The van der Waals surface area contributed by atoms with Gasteiger partial charge in [0, 0.05) is 38.1 Å². The van der Waals surface area contributed by atoms with E-state index in [4.69, 9.17) is 0 Å². The minimum absolute atomic E-state index is 0.0173. The third-order valence-electron chi connectivity index (χ3n) is 8.06. The fourth-order valence-corrected chi connectivity index (χ4v) is 8.16. The zero-order chi connectivity index (χ0) is 28.4. The molecule has 40 heavy (non-hydrogen) atoms. The van der Waals surface area contributed by atoms with E-state index in [0.29, 0.717) is 23.5 Å². The second-order valence-electron chi connectivity index (χ2n) is 10.3. The third kappa shape index (κ3) is 5.33. The number of rotatable bonds is 7. The van der Waals surface area contributed by atoms with E-state index in [1.54, 1.807) is 37.0 Å². The van der Waals surface area contributed by atoms with E-state index >= 15 is 0 Å². The van der Waals surface area contributed by atoms with Gasteiger partial charge in [0.15, 0.2) is 6.04 Å². The smallest absolute Gasteiger partial charge is 0.330 e. The van der Waals surface area contributed by atoms with E-state index in [-0.39, 0.29) is 22.4 Å². The van der Waals surface area contributed by atoms with Gasteiger partial charge in [0.1, 0.15) is 4.90 Å². The van der Waals surface area contributed by atoms with E-state index in [1.807, 2.05) is 35.2 Å². The maximum atomic E-state index is 14.2. The minimum Gasteiger partial charge on any atom is -0.479 e. The molecule has 3 N–H and O–H groups in total. The lowest BCUT2D eigenvalue weighted by Crippen LogP contribution is -2.46. The van der Waals surface area contributed by atoms with Gasteiger partial charge < -0.3 is 20.6 Å². The lowest BCUT2D eigenvalue weighted by atomic mass is 9.83. The van der Waals surface area contributed by atoms with Gasteiger partial charge in [-0.3, -0.25) is 4.79 Å². The Labute approximate surface area is 238 Å². The maximum absolute atomic E-state index is 14.2. The fourth-order valence-electron chi connectivity index (χ4n) is 5.87. The van der Waals surface area contributed by atoms with Crippen molar-refractivity contribution in [1.82, 2.24) is 9.62 Å². The van der Waals surface area contributed by atoms with Crippen molar-refractivity contribution in [3.05, 3.63) is 70.4 Å². The normalized spacial score (nSPS) is 20.2. The molecule has 9 nitrogen and oxygen atoms in total. The lowest BCUT2D eigenvalue weighted by Gasteiger charge is -2.36. The van der Waals surface area contributed by atoms with Gasteiger partial charge >= 0.3 is 5.97 Å². The topological polar surface area (TPSA) is 119 Å². The molecule has 2 aromatic carbocycles. The predicted octanol–water partition coefficient (Wildman–Crippen LogP) is 5.07. The van der Waals surface area contributed by atoms with Gasteiger partial charge in [-0.2, -0.15) is 15.6 Å². The Hall–Kier alpha value is -3.41. The molecular weight excluding hydrogens is 548 g/mol. The van der Waals surface area contributed by atoms with Crippen molar-refractivity contribution in [3.8, 4) is 0 Å². The van der Waals surface area contributed by atoms with Crippen LogP contribution in [0.2, 0.25) is 0 Å². The Morgan fingerprint density at radius 3 is 2.42 bits per heavy atom. The van der Waals surface area contributed by atoms with Crippen LogP contribution < -0.4 is 15.5 Å². The lowest BCUT2D eigenvalue weighted by molar-refractivity contribution is -0.139. The molecule has 0 bridgehead atoms. The number of fused-ring (bicyclic) bond motifs is 1. The molecule has 1 aliphatic heterocycles. The number of thiophene rings is 1. The molecule has 3 aromatic rings. The number of hydrogen-bond acceptors (Lipinski definition) is 7. The molecule has 0 radical (unpaired) electrons. The fraction of sp³-hybridized carbons (Fsp3) is 0.379. The number of anilines is 3. The molecule has 5 rings (SSSR count). The molecule has 0 saturated heterocycles. The van der Waals surface area contributed by atoms with E-state index in [1.165, 1.54) is 21.7 Å². The number of nitrogens with zero attached hydrogens (tertiary/aromatic N) is 2. The molecule has 0 spiro atoms. The quantitative estimate of drug-likeness (QED) is 0.356. The first kappa shape index (κ1) is 28.1. The molecule has 1 fully saturated rings. The van der Waals surface area contributed by atoms with Crippen molar-refractivity contribution in [2.45, 2.75) is 49.1 Å². The van der Waals surface area contributed by atoms with Crippen molar-refractivity contribution in [2.24, 2.45) is 5.92 Å². The molecule has 11 heteroatoms. The molecule has 1 aliphatic carbocycles. The van der Waals surface area contributed by atoms with Crippen LogP contribution in [0.1, 0.15) is 54.1 Å². The molecule has 0 unspecified atom stereocenters. The standard InChI is InChI=1S/C29H34N4O5S2/c1-30-23-16-24-26(15-22(23)28(34)31-27(29(35)36)20-13-14-39-18-20)40(37,38)32(2)25(19-9-5-3-6-10-19)17-33(24)21-11-7-4-8-12-21/h4,7-8,11-16,18-19,25,27,30H,3,5-6,9-10,17H2,1-2H3,(H,31,34)(H,35,36)/t25-,27-/m0/s1. The Balaban J connectivity index is 1.63. The van der Waals surface area contributed by atoms with Gasteiger partial charge in [-0.05, 0) is 65.4 Å². The number of carboxylic acids is 1. The third-order valence-corrected chi connectivity index (χ3v) is 10.7. The van der Waals surface area contributed by atoms with Crippen LogP contribution in [0.5, 0.6) is 0 Å². The number of hydrogen-bond donors (Lipinski definition) is 3. The number of carbonyl (C=O) groups is 2. The first-order valence-electron chi connectivity index (χ1n) is 13.4. The number of carbonyl (C=O) groups excluding carboxylic acids is 1. The molecule has 1 saturated carbocycles. The Morgan fingerprint density at radius 2 is 1.80 bits per heavy atom. The number of para-hydroxylation sites is 1. The van der Waals surface area contributed by atoms with Crippen LogP contribution in [0.4, 0.5) is 17.1 Å². The predicted molar refractivity (Wildman–Crippen MR) is 157 cm³/mol. The molecule has 2 aliphatic rings. The summed E-state index contributed by atoms with van der Waals surface area (Å²) in [7, 11) is -0.708. The van der Waals surface area contributed by atoms with Gasteiger partial charge in [-0.1, -0.05) is 37.5 Å². The molecule has 212 valence electrons. The number of amides is 1. The van der Waals surface area contributed by atoms with Crippen LogP contribution in [0.25, 0.3) is 0 Å². The highest BCUT2D eigenvalue weighted by atomic mass is 32.2. The average Bonchev–Trinajstić information content (AvgIpc) is 3.48. The molecule has 2 heterocycles. The SMILES string of the molecule is CNc1cc2c(cc1C(=O)N[C@H](C(=O)O)c1ccsc1)S(=O)(=O)N(C)[C@H](C1CCCCC1)CN2c1ccccc1. The summed E-state index contributed by atoms with van der Waals surface area (Å²) >= 11 is 1.33.